The summed E-state index contributed by atoms with van der Waals surface area (Å²) < 4.78 is 48.3. The number of carbonyl (C=O) groups is 1. The third-order valence-electron chi connectivity index (χ3n) is 4.59. The lowest BCUT2D eigenvalue weighted by atomic mass is 9.95. The van der Waals surface area contributed by atoms with Gasteiger partial charge < -0.3 is 4.74 Å². The maximum Gasteiger partial charge on any atom is 0.410 e. The van der Waals surface area contributed by atoms with E-state index in [4.69, 9.17) is 4.74 Å². The Hall–Kier alpha value is -2.28. The van der Waals surface area contributed by atoms with Crippen LogP contribution in [0.2, 0.25) is 0 Å². The fraction of sp³-hybridized carbons (Fsp3) is 0.450. The van der Waals surface area contributed by atoms with Crippen molar-refractivity contribution in [2.75, 3.05) is 0 Å². The Morgan fingerprint density at radius 2 is 1.74 bits per heavy atom. The number of halogens is 3. The van der Waals surface area contributed by atoms with Gasteiger partial charge in [0.1, 0.15) is 5.75 Å². The summed E-state index contributed by atoms with van der Waals surface area (Å²) in [5.74, 6) is -0.260. The normalized spacial score (nSPS) is 18.7. The Morgan fingerprint density at radius 3 is 2.22 bits per heavy atom. The molecule has 0 radical (unpaired) electrons. The molecule has 1 aliphatic rings. The van der Waals surface area contributed by atoms with Crippen molar-refractivity contribution in [3.8, 4) is 5.75 Å². The minimum Gasteiger partial charge on any atom is -0.491 e. The molecule has 1 fully saturated rings. The molecule has 1 heterocycles. The molecule has 4 nitrogen and oxygen atoms in total. The van der Waals surface area contributed by atoms with Crippen LogP contribution in [0.3, 0.4) is 0 Å². The lowest BCUT2D eigenvalue weighted by molar-refractivity contribution is -0.204. The molecule has 0 aliphatic carbocycles. The maximum absolute atomic E-state index is 14.2. The first-order chi connectivity index (χ1) is 12.5. The second-order valence-electron chi connectivity index (χ2n) is 7.74. The summed E-state index contributed by atoms with van der Waals surface area (Å²) in [5, 5.41) is 2.48. The zero-order chi connectivity index (χ0) is 20.0. The molecule has 0 aromatic heterocycles. The van der Waals surface area contributed by atoms with Crippen molar-refractivity contribution in [1.82, 2.24) is 10.4 Å². The summed E-state index contributed by atoms with van der Waals surface area (Å²) in [6.07, 6.45) is -4.90. The Morgan fingerprint density at radius 1 is 1.15 bits per heavy atom. The average molecular weight is 380 g/mol. The number of carbonyl (C=O) groups excluding carboxylic acids is 1. The van der Waals surface area contributed by atoms with Crippen molar-refractivity contribution in [1.29, 1.82) is 0 Å². The quantitative estimate of drug-likeness (QED) is 0.833. The second-order valence-corrected chi connectivity index (χ2v) is 7.74. The van der Waals surface area contributed by atoms with Crippen molar-refractivity contribution in [2.45, 2.75) is 58.0 Å². The number of amides is 1. The van der Waals surface area contributed by atoms with E-state index in [0.717, 1.165) is 10.4 Å². The summed E-state index contributed by atoms with van der Waals surface area (Å²) in [6.45, 7) is 6.77. The van der Waals surface area contributed by atoms with Crippen molar-refractivity contribution >= 4 is 16.7 Å². The summed E-state index contributed by atoms with van der Waals surface area (Å²) in [6, 6.07) is 8.32. The van der Waals surface area contributed by atoms with Crippen LogP contribution in [0.1, 0.15) is 45.7 Å². The van der Waals surface area contributed by atoms with E-state index in [0.29, 0.717) is 5.39 Å². The molecule has 0 saturated carbocycles. The monoisotopic (exact) mass is 380 g/mol. The molecule has 3 rings (SSSR count). The van der Waals surface area contributed by atoms with Crippen LogP contribution in [0.15, 0.2) is 36.4 Å². The first-order valence-electron chi connectivity index (χ1n) is 8.84. The van der Waals surface area contributed by atoms with E-state index < -0.39 is 23.7 Å². The van der Waals surface area contributed by atoms with Crippen LogP contribution in [0.25, 0.3) is 10.8 Å². The van der Waals surface area contributed by atoms with Gasteiger partial charge in [-0.2, -0.15) is 18.2 Å². The Balaban J connectivity index is 2.22. The molecule has 146 valence electrons. The number of nitrogens with zero attached hydrogens (tertiary/aromatic N) is 1. The van der Waals surface area contributed by atoms with Crippen LogP contribution in [0.5, 0.6) is 5.75 Å². The number of hydrogen-bond acceptors (Lipinski definition) is 3. The third-order valence-corrected chi connectivity index (χ3v) is 4.59. The number of benzene rings is 2. The fourth-order valence-corrected chi connectivity index (χ4v) is 3.49. The van der Waals surface area contributed by atoms with Gasteiger partial charge in [-0.25, -0.2) is 0 Å². The van der Waals surface area contributed by atoms with Gasteiger partial charge in [-0.1, -0.05) is 24.3 Å². The number of fused-ring (bicyclic) bond motifs is 1. The summed E-state index contributed by atoms with van der Waals surface area (Å²) in [7, 11) is 0. The van der Waals surface area contributed by atoms with Gasteiger partial charge in [0, 0.05) is 17.5 Å². The lowest BCUT2D eigenvalue weighted by Gasteiger charge is -2.38. The number of rotatable bonds is 4. The molecule has 0 bridgehead atoms. The molecular weight excluding hydrogens is 357 g/mol. The Kier molecular flexibility index (Phi) is 4.84. The molecule has 27 heavy (non-hydrogen) atoms. The van der Waals surface area contributed by atoms with Gasteiger partial charge in [-0.3, -0.25) is 10.2 Å². The maximum atomic E-state index is 14.2. The summed E-state index contributed by atoms with van der Waals surface area (Å²) in [5.41, 5.74) is 1.40. The highest BCUT2D eigenvalue weighted by Gasteiger charge is 2.54. The van der Waals surface area contributed by atoms with E-state index in [2.05, 4.69) is 5.43 Å². The predicted molar refractivity (Wildman–Crippen MR) is 97.2 cm³/mol. The summed E-state index contributed by atoms with van der Waals surface area (Å²) >= 11 is 0. The van der Waals surface area contributed by atoms with Gasteiger partial charge in [-0.05, 0) is 50.6 Å². The highest BCUT2D eigenvalue weighted by Crippen LogP contribution is 2.46. The molecule has 1 saturated heterocycles. The minimum absolute atomic E-state index is 0.00642. The molecule has 1 atom stereocenters. The lowest BCUT2D eigenvalue weighted by Crippen LogP contribution is -2.51. The Labute approximate surface area is 156 Å². The van der Waals surface area contributed by atoms with Crippen LogP contribution < -0.4 is 10.2 Å². The smallest absolute Gasteiger partial charge is 0.410 e. The van der Waals surface area contributed by atoms with Gasteiger partial charge in [0.25, 0.3) is 0 Å². The van der Waals surface area contributed by atoms with Crippen LogP contribution in [-0.4, -0.2) is 28.7 Å². The molecule has 2 aromatic carbocycles. The van der Waals surface area contributed by atoms with Gasteiger partial charge in [-0.15, -0.1) is 0 Å². The SMILES string of the molecule is CC(C)Oc1cc2ccccc2cc1[C@H](N1NC(=O)CC1(C)C)C(F)(F)F. The highest BCUT2D eigenvalue weighted by molar-refractivity contribution is 5.85. The van der Waals surface area contributed by atoms with E-state index in [1.165, 1.54) is 6.07 Å². The molecular formula is C20H23F3N2O2. The minimum atomic E-state index is -4.60. The van der Waals surface area contributed by atoms with Crippen molar-refractivity contribution < 1.29 is 22.7 Å². The number of hydrazine groups is 1. The number of alkyl halides is 3. The first kappa shape index (κ1) is 19.5. The first-order valence-corrected chi connectivity index (χ1v) is 8.84. The van der Waals surface area contributed by atoms with E-state index in [-0.39, 0.29) is 23.8 Å². The van der Waals surface area contributed by atoms with E-state index in [1.807, 2.05) is 12.1 Å². The number of nitrogens with one attached hydrogen (secondary N) is 1. The average Bonchev–Trinajstić information content (AvgIpc) is 2.78. The van der Waals surface area contributed by atoms with Gasteiger partial charge in [0.15, 0.2) is 6.04 Å². The van der Waals surface area contributed by atoms with Gasteiger partial charge in [0.2, 0.25) is 5.91 Å². The van der Waals surface area contributed by atoms with Crippen molar-refractivity contribution in [3.05, 3.63) is 42.0 Å². The van der Waals surface area contributed by atoms with Gasteiger partial charge >= 0.3 is 6.18 Å². The van der Waals surface area contributed by atoms with E-state index in [9.17, 15) is 18.0 Å². The topological polar surface area (TPSA) is 41.6 Å². The van der Waals surface area contributed by atoms with Crippen LogP contribution in [0, 0.1) is 0 Å². The zero-order valence-electron chi connectivity index (χ0n) is 15.7. The van der Waals surface area contributed by atoms with Crippen molar-refractivity contribution in [3.63, 3.8) is 0 Å². The van der Waals surface area contributed by atoms with Crippen LogP contribution in [0.4, 0.5) is 13.2 Å². The van der Waals surface area contributed by atoms with Crippen molar-refractivity contribution in [2.24, 2.45) is 0 Å². The third kappa shape index (κ3) is 3.88. The standard InChI is InChI=1S/C20H23F3N2O2/c1-12(2)27-16-10-14-8-6-5-7-13(14)9-15(16)18(20(21,22)23)25-19(3,4)11-17(26)24-25/h5-10,12,18H,11H2,1-4H3,(H,24,26)/t18-/m0/s1. The molecule has 7 heteroatoms. The molecule has 1 N–H and O–H groups in total. The second kappa shape index (κ2) is 6.71. The molecule has 0 unspecified atom stereocenters. The number of hydrogen-bond donors (Lipinski definition) is 1. The van der Waals surface area contributed by atoms with Crippen LogP contribution in [-0.2, 0) is 4.79 Å². The zero-order valence-corrected chi connectivity index (χ0v) is 15.7. The largest absolute Gasteiger partial charge is 0.491 e. The highest BCUT2D eigenvalue weighted by atomic mass is 19.4. The van der Waals surface area contributed by atoms with Gasteiger partial charge in [0.05, 0.1) is 6.10 Å². The Bertz CT molecular complexity index is 862. The predicted octanol–water partition coefficient (Wildman–Crippen LogP) is 4.75. The number of ether oxygens (including phenoxy) is 1. The molecule has 2 aromatic rings. The van der Waals surface area contributed by atoms with E-state index >= 15 is 0 Å². The molecule has 1 aliphatic heterocycles. The molecule has 0 spiro atoms. The fourth-order valence-electron chi connectivity index (χ4n) is 3.49. The van der Waals surface area contributed by atoms with Crippen LogP contribution >= 0.6 is 0 Å². The summed E-state index contributed by atoms with van der Waals surface area (Å²) in [4.78, 5) is 11.9. The molecule has 1 amide bonds. The van der Waals surface area contributed by atoms with E-state index in [1.54, 1.807) is 45.9 Å².